The molecule has 2 unspecified atom stereocenters. The van der Waals surface area contributed by atoms with E-state index in [1.54, 1.807) is 12.4 Å². The third-order valence-corrected chi connectivity index (χ3v) is 2.76. The van der Waals surface area contributed by atoms with Crippen LogP contribution >= 0.6 is 0 Å². The van der Waals surface area contributed by atoms with Gasteiger partial charge in [-0.1, -0.05) is 0 Å². The van der Waals surface area contributed by atoms with Gasteiger partial charge in [0.05, 0.1) is 0 Å². The second-order valence-electron chi connectivity index (χ2n) is 3.75. The van der Waals surface area contributed by atoms with Gasteiger partial charge in [0.25, 0.3) is 0 Å². The van der Waals surface area contributed by atoms with Crippen LogP contribution in [0, 0.1) is 0 Å². The van der Waals surface area contributed by atoms with Gasteiger partial charge in [0.2, 0.25) is 5.95 Å². The molecule has 4 heterocycles. The molecule has 13 heavy (non-hydrogen) atoms. The van der Waals surface area contributed by atoms with Crippen LogP contribution in [0.15, 0.2) is 18.5 Å². The van der Waals surface area contributed by atoms with Crippen LogP contribution in [0.1, 0.15) is 6.42 Å². The molecular weight excluding hydrogens is 164 g/mol. The maximum atomic E-state index is 4.24. The van der Waals surface area contributed by atoms with Crippen molar-refractivity contribution in [2.45, 2.75) is 18.5 Å². The molecule has 0 aliphatic carbocycles. The van der Waals surface area contributed by atoms with Crippen LogP contribution < -0.4 is 10.2 Å². The minimum Gasteiger partial charge on any atom is -0.338 e. The van der Waals surface area contributed by atoms with E-state index in [9.17, 15) is 0 Å². The highest BCUT2D eigenvalue weighted by Crippen LogP contribution is 2.23. The van der Waals surface area contributed by atoms with Crippen molar-refractivity contribution in [1.82, 2.24) is 15.3 Å². The van der Waals surface area contributed by atoms with Crippen LogP contribution in [-0.2, 0) is 0 Å². The molecule has 1 aromatic rings. The van der Waals surface area contributed by atoms with Gasteiger partial charge in [-0.15, -0.1) is 0 Å². The SMILES string of the molecule is c1cnc(N2CC3CC(C2)N3)nc1. The van der Waals surface area contributed by atoms with Gasteiger partial charge in [-0.2, -0.15) is 0 Å². The number of nitrogens with zero attached hydrogens (tertiary/aromatic N) is 3. The molecule has 68 valence electrons. The Hall–Kier alpha value is -1.16. The van der Waals surface area contributed by atoms with Crippen LogP contribution in [0.5, 0.6) is 0 Å². The van der Waals surface area contributed by atoms with Crippen molar-refractivity contribution in [2.24, 2.45) is 0 Å². The summed E-state index contributed by atoms with van der Waals surface area (Å²) >= 11 is 0. The number of rotatable bonds is 1. The van der Waals surface area contributed by atoms with Gasteiger partial charge in [-0.25, -0.2) is 9.97 Å². The first-order valence-electron chi connectivity index (χ1n) is 4.70. The van der Waals surface area contributed by atoms with Crippen molar-refractivity contribution in [3.8, 4) is 0 Å². The van der Waals surface area contributed by atoms with E-state index in [4.69, 9.17) is 0 Å². The predicted octanol–water partition coefficient (Wildman–Crippen LogP) is 0.0271. The van der Waals surface area contributed by atoms with Gasteiger partial charge in [0, 0.05) is 37.6 Å². The van der Waals surface area contributed by atoms with E-state index in [0.29, 0.717) is 12.1 Å². The summed E-state index contributed by atoms with van der Waals surface area (Å²) in [5.74, 6) is 0.874. The van der Waals surface area contributed by atoms with Crippen LogP contribution in [-0.4, -0.2) is 35.1 Å². The van der Waals surface area contributed by atoms with E-state index in [1.807, 2.05) is 6.07 Å². The Morgan fingerprint density at radius 2 is 1.85 bits per heavy atom. The number of piperazine rings is 1. The summed E-state index contributed by atoms with van der Waals surface area (Å²) in [6.45, 7) is 2.11. The van der Waals surface area contributed by atoms with Crippen molar-refractivity contribution < 1.29 is 0 Å². The van der Waals surface area contributed by atoms with E-state index in [-0.39, 0.29) is 0 Å². The molecule has 1 aromatic heterocycles. The van der Waals surface area contributed by atoms with Crippen LogP contribution in [0.2, 0.25) is 0 Å². The zero-order valence-corrected chi connectivity index (χ0v) is 7.35. The van der Waals surface area contributed by atoms with Crippen molar-refractivity contribution in [3.05, 3.63) is 18.5 Å². The molecule has 0 radical (unpaired) electrons. The van der Waals surface area contributed by atoms with Crippen molar-refractivity contribution in [1.29, 1.82) is 0 Å². The van der Waals surface area contributed by atoms with Gasteiger partial charge in [-0.3, -0.25) is 0 Å². The first kappa shape index (κ1) is 7.26. The minimum atomic E-state index is 0.669. The molecule has 0 amide bonds. The summed E-state index contributed by atoms with van der Waals surface area (Å²) in [5, 5.41) is 3.48. The molecule has 4 heteroatoms. The monoisotopic (exact) mass is 176 g/mol. The molecule has 2 atom stereocenters. The lowest BCUT2D eigenvalue weighted by molar-refractivity contribution is 0.224. The van der Waals surface area contributed by atoms with Gasteiger partial charge in [0.15, 0.2) is 0 Å². The second kappa shape index (κ2) is 2.67. The molecule has 0 aromatic carbocycles. The number of aromatic nitrogens is 2. The minimum absolute atomic E-state index is 0.669. The molecule has 4 nitrogen and oxygen atoms in total. The zero-order valence-electron chi connectivity index (χ0n) is 7.35. The summed E-state index contributed by atoms with van der Waals surface area (Å²) in [7, 11) is 0. The number of piperidine rings is 1. The number of anilines is 1. The topological polar surface area (TPSA) is 41.1 Å². The van der Waals surface area contributed by atoms with E-state index < -0.39 is 0 Å². The standard InChI is InChI=1S/C9H12N4/c1-2-10-9(11-3-1)13-5-7-4-8(6-13)12-7/h1-3,7-8,12H,4-6H2. The van der Waals surface area contributed by atoms with E-state index >= 15 is 0 Å². The fraction of sp³-hybridized carbons (Fsp3) is 0.556. The van der Waals surface area contributed by atoms with Gasteiger partial charge in [0.1, 0.15) is 0 Å². The van der Waals surface area contributed by atoms with Crippen molar-refractivity contribution >= 4 is 5.95 Å². The first-order chi connectivity index (χ1) is 6.42. The lowest BCUT2D eigenvalue weighted by Gasteiger charge is -2.48. The molecule has 3 saturated heterocycles. The van der Waals surface area contributed by atoms with Gasteiger partial charge >= 0.3 is 0 Å². The third kappa shape index (κ3) is 1.18. The van der Waals surface area contributed by atoms with Crippen molar-refractivity contribution in [2.75, 3.05) is 18.0 Å². The Kier molecular flexibility index (Phi) is 1.49. The highest BCUT2D eigenvalue weighted by atomic mass is 15.3. The number of nitrogens with one attached hydrogen (secondary N) is 1. The summed E-state index contributed by atoms with van der Waals surface area (Å²) in [6.07, 6.45) is 4.93. The number of hydrogen-bond donors (Lipinski definition) is 1. The summed E-state index contributed by atoms with van der Waals surface area (Å²) < 4.78 is 0. The number of hydrogen-bond acceptors (Lipinski definition) is 4. The Morgan fingerprint density at radius 3 is 2.46 bits per heavy atom. The van der Waals surface area contributed by atoms with Crippen LogP contribution in [0.25, 0.3) is 0 Å². The van der Waals surface area contributed by atoms with E-state index in [0.717, 1.165) is 19.0 Å². The molecule has 4 rings (SSSR count). The summed E-state index contributed by atoms with van der Waals surface area (Å²) in [6, 6.07) is 3.19. The maximum Gasteiger partial charge on any atom is 0.225 e. The second-order valence-corrected chi connectivity index (χ2v) is 3.75. The molecule has 3 aliphatic rings. The highest BCUT2D eigenvalue weighted by molar-refractivity contribution is 5.32. The average Bonchev–Trinajstić information content (AvgIpc) is 2.18. The fourth-order valence-electron chi connectivity index (χ4n) is 2.13. The van der Waals surface area contributed by atoms with E-state index in [1.165, 1.54) is 6.42 Å². The first-order valence-corrected chi connectivity index (χ1v) is 4.70. The smallest absolute Gasteiger partial charge is 0.225 e. The Morgan fingerprint density at radius 1 is 1.23 bits per heavy atom. The van der Waals surface area contributed by atoms with Gasteiger partial charge < -0.3 is 10.2 Å². The largest absolute Gasteiger partial charge is 0.338 e. The maximum absolute atomic E-state index is 4.24. The van der Waals surface area contributed by atoms with Crippen molar-refractivity contribution in [3.63, 3.8) is 0 Å². The van der Waals surface area contributed by atoms with E-state index in [2.05, 4.69) is 20.2 Å². The summed E-state index contributed by atoms with van der Waals surface area (Å²) in [5.41, 5.74) is 0. The Labute approximate surface area is 77.0 Å². The lowest BCUT2D eigenvalue weighted by atomic mass is 9.92. The Balaban J connectivity index is 1.79. The molecular formula is C9H12N4. The van der Waals surface area contributed by atoms with Crippen LogP contribution in [0.4, 0.5) is 5.95 Å². The molecule has 2 bridgehead atoms. The number of fused-ring (bicyclic) bond motifs is 2. The third-order valence-electron chi connectivity index (χ3n) is 2.76. The summed E-state index contributed by atoms with van der Waals surface area (Å²) in [4.78, 5) is 10.7. The normalized spacial score (nSPS) is 31.2. The van der Waals surface area contributed by atoms with Crippen LogP contribution in [0.3, 0.4) is 0 Å². The highest BCUT2D eigenvalue weighted by Gasteiger charge is 2.37. The lowest BCUT2D eigenvalue weighted by Crippen LogP contribution is -2.67. The zero-order chi connectivity index (χ0) is 8.67. The molecule has 0 saturated carbocycles. The molecule has 3 fully saturated rings. The van der Waals surface area contributed by atoms with Gasteiger partial charge in [-0.05, 0) is 12.5 Å². The predicted molar refractivity (Wildman–Crippen MR) is 49.6 cm³/mol. The molecule has 1 N–H and O–H groups in total. The fourth-order valence-corrected chi connectivity index (χ4v) is 2.13. The average molecular weight is 176 g/mol. The molecule has 3 aliphatic heterocycles. The Bertz CT molecular complexity index is 284. The quantitative estimate of drug-likeness (QED) is 0.655. The molecule has 0 spiro atoms.